The zero-order valence-corrected chi connectivity index (χ0v) is 12.6. The van der Waals surface area contributed by atoms with E-state index in [1.54, 1.807) is 11.3 Å². The Morgan fingerprint density at radius 2 is 2.20 bits per heavy atom. The zero-order chi connectivity index (χ0) is 13.9. The van der Waals surface area contributed by atoms with Crippen molar-refractivity contribution in [1.82, 2.24) is 19.9 Å². The predicted molar refractivity (Wildman–Crippen MR) is 77.6 cm³/mol. The Balaban J connectivity index is 1.64. The maximum Gasteiger partial charge on any atom is 0.123 e. The van der Waals surface area contributed by atoms with Gasteiger partial charge in [0.1, 0.15) is 11.1 Å². The number of nitrogens with zero attached hydrogens (tertiary/aromatic N) is 4. The van der Waals surface area contributed by atoms with Gasteiger partial charge in [0.2, 0.25) is 0 Å². The number of morpholine rings is 1. The van der Waals surface area contributed by atoms with E-state index in [0.29, 0.717) is 0 Å². The molecule has 6 heteroatoms. The first kappa shape index (κ1) is 13.6. The second-order valence-corrected chi connectivity index (χ2v) is 5.96. The largest absolute Gasteiger partial charge is 0.368 e. The second kappa shape index (κ2) is 5.95. The van der Waals surface area contributed by atoms with Gasteiger partial charge in [-0.2, -0.15) is 0 Å². The fourth-order valence-corrected chi connectivity index (χ4v) is 3.08. The average molecular weight is 290 g/mol. The van der Waals surface area contributed by atoms with Gasteiger partial charge in [0.15, 0.2) is 0 Å². The van der Waals surface area contributed by atoms with Crippen molar-refractivity contribution in [3.8, 4) is 0 Å². The molecule has 2 aromatic heterocycles. The Hall–Kier alpha value is -1.37. The molecule has 0 radical (unpaired) electrons. The van der Waals surface area contributed by atoms with Crippen LogP contribution in [-0.2, 0) is 11.3 Å². The number of hydrogen-bond acceptors (Lipinski definition) is 6. The molecule has 0 spiro atoms. The number of ether oxygens (including phenoxy) is 1. The van der Waals surface area contributed by atoms with Crippen LogP contribution in [-0.4, -0.2) is 39.5 Å². The molecule has 1 fully saturated rings. The molecule has 106 valence electrons. The molecule has 0 N–H and O–H groups in total. The van der Waals surface area contributed by atoms with Crippen LogP contribution in [0.2, 0.25) is 0 Å². The summed E-state index contributed by atoms with van der Waals surface area (Å²) < 4.78 is 5.83. The Morgan fingerprint density at radius 3 is 2.90 bits per heavy atom. The maximum atomic E-state index is 5.83. The van der Waals surface area contributed by atoms with Crippen molar-refractivity contribution in [3.05, 3.63) is 39.9 Å². The highest BCUT2D eigenvalue weighted by Crippen LogP contribution is 2.25. The standard InChI is InChI=1S/C14H18N4OS/c1-10-5-16-12(6-15-10)7-18-3-4-19-13(8-18)14-17-11(2)9-20-14/h5-6,9,13H,3-4,7-8H2,1-2H3. The van der Waals surface area contributed by atoms with Crippen molar-refractivity contribution in [1.29, 1.82) is 0 Å². The van der Waals surface area contributed by atoms with E-state index >= 15 is 0 Å². The number of thiazole rings is 1. The van der Waals surface area contributed by atoms with Crippen molar-refractivity contribution in [2.45, 2.75) is 26.5 Å². The van der Waals surface area contributed by atoms with E-state index in [9.17, 15) is 0 Å². The van der Waals surface area contributed by atoms with E-state index in [1.165, 1.54) is 0 Å². The molecule has 1 unspecified atom stereocenters. The summed E-state index contributed by atoms with van der Waals surface area (Å²) in [6, 6.07) is 0. The summed E-state index contributed by atoms with van der Waals surface area (Å²) in [5.74, 6) is 0. The Morgan fingerprint density at radius 1 is 1.30 bits per heavy atom. The molecule has 3 heterocycles. The van der Waals surface area contributed by atoms with Gasteiger partial charge in [-0.15, -0.1) is 11.3 Å². The third-order valence-electron chi connectivity index (χ3n) is 3.28. The SMILES string of the molecule is Cc1cnc(CN2CCOC(c3nc(C)cs3)C2)cn1. The van der Waals surface area contributed by atoms with Crippen LogP contribution in [0.25, 0.3) is 0 Å². The van der Waals surface area contributed by atoms with Gasteiger partial charge in [-0.3, -0.25) is 14.9 Å². The van der Waals surface area contributed by atoms with E-state index in [-0.39, 0.29) is 6.10 Å². The summed E-state index contributed by atoms with van der Waals surface area (Å²) in [4.78, 5) is 15.6. The first-order valence-electron chi connectivity index (χ1n) is 6.74. The van der Waals surface area contributed by atoms with Crippen LogP contribution in [0.4, 0.5) is 0 Å². The molecular weight excluding hydrogens is 272 g/mol. The van der Waals surface area contributed by atoms with Gasteiger partial charge in [-0.25, -0.2) is 4.98 Å². The molecule has 1 saturated heterocycles. The van der Waals surface area contributed by atoms with E-state index in [1.807, 2.05) is 26.2 Å². The van der Waals surface area contributed by atoms with Crippen molar-refractivity contribution in [2.75, 3.05) is 19.7 Å². The summed E-state index contributed by atoms with van der Waals surface area (Å²) in [7, 11) is 0. The first-order chi connectivity index (χ1) is 9.70. The fraction of sp³-hybridized carbons (Fsp3) is 0.500. The van der Waals surface area contributed by atoms with Crippen LogP contribution in [0.15, 0.2) is 17.8 Å². The molecule has 0 aromatic carbocycles. The highest BCUT2D eigenvalue weighted by molar-refractivity contribution is 7.09. The highest BCUT2D eigenvalue weighted by atomic mass is 32.1. The quantitative estimate of drug-likeness (QED) is 0.866. The minimum Gasteiger partial charge on any atom is -0.368 e. The average Bonchev–Trinajstić information content (AvgIpc) is 2.89. The number of rotatable bonds is 3. The summed E-state index contributed by atoms with van der Waals surface area (Å²) in [5, 5.41) is 3.14. The molecule has 1 atom stereocenters. The van der Waals surface area contributed by atoms with Gasteiger partial charge >= 0.3 is 0 Å². The summed E-state index contributed by atoms with van der Waals surface area (Å²) in [6.45, 7) is 7.31. The molecular formula is C14H18N4OS. The van der Waals surface area contributed by atoms with Gasteiger partial charge in [0, 0.05) is 43.1 Å². The molecule has 0 saturated carbocycles. The Kier molecular flexibility index (Phi) is 4.05. The molecule has 0 amide bonds. The molecule has 1 aliphatic heterocycles. The van der Waals surface area contributed by atoms with Crippen molar-refractivity contribution >= 4 is 11.3 Å². The third-order valence-corrected chi connectivity index (χ3v) is 4.34. The minimum atomic E-state index is 0.0841. The molecule has 5 nitrogen and oxygen atoms in total. The van der Waals surface area contributed by atoms with E-state index < -0.39 is 0 Å². The van der Waals surface area contributed by atoms with Crippen molar-refractivity contribution in [3.63, 3.8) is 0 Å². The van der Waals surface area contributed by atoms with Gasteiger partial charge in [-0.05, 0) is 13.8 Å². The van der Waals surface area contributed by atoms with Crippen molar-refractivity contribution < 1.29 is 4.74 Å². The van der Waals surface area contributed by atoms with Crippen LogP contribution in [0.1, 0.15) is 28.2 Å². The lowest BCUT2D eigenvalue weighted by molar-refractivity contribution is -0.0334. The van der Waals surface area contributed by atoms with E-state index in [4.69, 9.17) is 4.74 Å². The molecule has 1 aliphatic rings. The van der Waals surface area contributed by atoms with Gasteiger partial charge in [0.25, 0.3) is 0 Å². The Labute approximate surface area is 122 Å². The van der Waals surface area contributed by atoms with Crippen LogP contribution in [0.5, 0.6) is 0 Å². The smallest absolute Gasteiger partial charge is 0.123 e. The molecule has 3 rings (SSSR count). The molecule has 0 aliphatic carbocycles. The van der Waals surface area contributed by atoms with Crippen LogP contribution < -0.4 is 0 Å². The lowest BCUT2D eigenvalue weighted by atomic mass is 10.2. The van der Waals surface area contributed by atoms with Crippen LogP contribution >= 0.6 is 11.3 Å². The van der Waals surface area contributed by atoms with Crippen LogP contribution in [0.3, 0.4) is 0 Å². The van der Waals surface area contributed by atoms with E-state index in [0.717, 1.165) is 48.3 Å². The second-order valence-electron chi connectivity index (χ2n) is 5.07. The summed E-state index contributed by atoms with van der Waals surface area (Å²) in [6.07, 6.45) is 3.76. The molecule has 20 heavy (non-hydrogen) atoms. The number of hydrogen-bond donors (Lipinski definition) is 0. The lowest BCUT2D eigenvalue weighted by Gasteiger charge is -2.31. The Bertz CT molecular complexity index is 569. The number of aromatic nitrogens is 3. The van der Waals surface area contributed by atoms with Gasteiger partial charge in [-0.1, -0.05) is 0 Å². The predicted octanol–water partition coefficient (Wildman–Crippen LogP) is 2.12. The zero-order valence-electron chi connectivity index (χ0n) is 11.7. The van der Waals surface area contributed by atoms with Crippen LogP contribution in [0, 0.1) is 13.8 Å². The lowest BCUT2D eigenvalue weighted by Crippen LogP contribution is -2.38. The normalized spacial score (nSPS) is 20.2. The topological polar surface area (TPSA) is 51.1 Å². The van der Waals surface area contributed by atoms with Crippen molar-refractivity contribution in [2.24, 2.45) is 0 Å². The maximum absolute atomic E-state index is 5.83. The monoisotopic (exact) mass is 290 g/mol. The molecule has 0 bridgehead atoms. The summed E-state index contributed by atoms with van der Waals surface area (Å²) in [5.41, 5.74) is 3.02. The minimum absolute atomic E-state index is 0.0841. The summed E-state index contributed by atoms with van der Waals surface area (Å²) >= 11 is 1.68. The fourth-order valence-electron chi connectivity index (χ4n) is 2.25. The molecule has 2 aromatic rings. The van der Waals surface area contributed by atoms with Gasteiger partial charge in [0.05, 0.1) is 18.0 Å². The van der Waals surface area contributed by atoms with Gasteiger partial charge < -0.3 is 4.74 Å². The number of aryl methyl sites for hydroxylation is 2. The van der Waals surface area contributed by atoms with E-state index in [2.05, 4.69) is 25.2 Å². The highest BCUT2D eigenvalue weighted by Gasteiger charge is 2.24. The third kappa shape index (κ3) is 3.20. The first-order valence-corrected chi connectivity index (χ1v) is 7.62.